The average molecular weight is 539 g/mol. The molecule has 3 fully saturated rings. The molecule has 0 unspecified atom stereocenters. The highest BCUT2D eigenvalue weighted by molar-refractivity contribution is 6.02. The van der Waals surface area contributed by atoms with Crippen LogP contribution in [-0.2, 0) is 14.4 Å². The molecule has 3 amide bonds. The summed E-state index contributed by atoms with van der Waals surface area (Å²) in [5, 5.41) is 16.2. The number of nitrogens with one attached hydrogen (secondary N) is 3. The molecule has 10 nitrogen and oxygen atoms in total. The van der Waals surface area contributed by atoms with E-state index in [1.54, 1.807) is 18.1 Å². The number of likely N-dealkylation sites (tertiary alicyclic amines) is 1. The Morgan fingerprint density at radius 1 is 1.26 bits per heavy atom. The van der Waals surface area contributed by atoms with Crippen molar-refractivity contribution in [2.75, 3.05) is 26.8 Å². The van der Waals surface area contributed by atoms with Crippen molar-refractivity contribution < 1.29 is 29.0 Å². The maximum absolute atomic E-state index is 13.8. The quantitative estimate of drug-likeness (QED) is 0.365. The van der Waals surface area contributed by atoms with Crippen LogP contribution < -0.4 is 15.4 Å². The molecule has 2 aliphatic heterocycles. The molecular weight excluding hydrogens is 500 g/mol. The molecule has 4 N–H and O–H groups in total. The number of methoxy groups -OCH3 is 1. The first-order valence-corrected chi connectivity index (χ1v) is 14.0. The molecule has 3 heterocycles. The van der Waals surface area contributed by atoms with Crippen LogP contribution in [0.15, 0.2) is 24.3 Å². The van der Waals surface area contributed by atoms with Crippen LogP contribution >= 0.6 is 0 Å². The number of fused-ring (bicyclic) bond motifs is 2. The Morgan fingerprint density at radius 2 is 2.08 bits per heavy atom. The monoisotopic (exact) mass is 538 g/mol. The van der Waals surface area contributed by atoms with Crippen molar-refractivity contribution in [3.05, 3.63) is 30.0 Å². The van der Waals surface area contributed by atoms with Crippen LogP contribution in [0, 0.1) is 23.7 Å². The largest absolute Gasteiger partial charge is 0.496 e. The molecule has 10 heteroatoms. The third-order valence-corrected chi connectivity index (χ3v) is 8.95. The molecule has 1 aliphatic carbocycles. The number of aliphatic hydroxyl groups is 1. The number of carbonyl (C=O) groups excluding carboxylic acids is 4. The molecule has 2 aromatic rings. The van der Waals surface area contributed by atoms with E-state index in [0.29, 0.717) is 24.5 Å². The molecule has 2 saturated heterocycles. The van der Waals surface area contributed by atoms with Crippen molar-refractivity contribution in [1.29, 1.82) is 0 Å². The Hall–Kier alpha value is -3.40. The van der Waals surface area contributed by atoms with E-state index in [-0.39, 0.29) is 36.0 Å². The number of ketones is 1. The van der Waals surface area contributed by atoms with Gasteiger partial charge in [-0.2, -0.15) is 0 Å². The Bertz CT molecular complexity index is 1260. The van der Waals surface area contributed by atoms with E-state index in [4.69, 9.17) is 4.74 Å². The average Bonchev–Trinajstić information content (AvgIpc) is 3.71. The van der Waals surface area contributed by atoms with E-state index in [1.807, 2.05) is 25.1 Å². The van der Waals surface area contributed by atoms with Crippen molar-refractivity contribution in [3.63, 3.8) is 0 Å². The third-order valence-electron chi connectivity index (χ3n) is 8.95. The highest BCUT2D eigenvalue weighted by atomic mass is 16.5. The second-order valence-corrected chi connectivity index (χ2v) is 11.2. The SMILES string of the molecule is CCC[C@H]1CNC(=O)[C@@H]1C[C@H](NC(=O)[C@@H]1[C@H]2CCC[C@H]2CN1C(=O)c1cc2c(OC)cccc2[nH]1)C(=O)CO. The Morgan fingerprint density at radius 3 is 2.82 bits per heavy atom. The second-order valence-electron chi connectivity index (χ2n) is 11.2. The van der Waals surface area contributed by atoms with E-state index < -0.39 is 36.3 Å². The number of hydrogen-bond donors (Lipinski definition) is 4. The lowest BCUT2D eigenvalue weighted by Gasteiger charge is -2.29. The fourth-order valence-electron chi connectivity index (χ4n) is 7.01. The number of nitrogens with zero attached hydrogens (tertiary/aromatic N) is 1. The van der Waals surface area contributed by atoms with Gasteiger partial charge in [-0.1, -0.05) is 25.8 Å². The van der Waals surface area contributed by atoms with Crippen molar-refractivity contribution in [3.8, 4) is 5.75 Å². The zero-order chi connectivity index (χ0) is 27.7. The van der Waals surface area contributed by atoms with E-state index in [0.717, 1.165) is 43.0 Å². The zero-order valence-corrected chi connectivity index (χ0v) is 22.6. The zero-order valence-electron chi connectivity index (χ0n) is 22.6. The van der Waals surface area contributed by atoms with Gasteiger partial charge in [0, 0.05) is 29.9 Å². The van der Waals surface area contributed by atoms with E-state index in [1.165, 1.54) is 0 Å². The summed E-state index contributed by atoms with van der Waals surface area (Å²) < 4.78 is 5.44. The number of benzene rings is 1. The van der Waals surface area contributed by atoms with Crippen LogP contribution in [0.5, 0.6) is 5.75 Å². The van der Waals surface area contributed by atoms with Crippen molar-refractivity contribution in [2.45, 2.75) is 57.5 Å². The van der Waals surface area contributed by atoms with Gasteiger partial charge in [-0.15, -0.1) is 0 Å². The number of amides is 3. The summed E-state index contributed by atoms with van der Waals surface area (Å²) in [6.07, 6.45) is 4.64. The summed E-state index contributed by atoms with van der Waals surface area (Å²) in [4.78, 5) is 57.7. The lowest BCUT2D eigenvalue weighted by Crippen LogP contribution is -2.54. The Labute approximate surface area is 227 Å². The molecule has 39 heavy (non-hydrogen) atoms. The van der Waals surface area contributed by atoms with Crippen LogP contribution in [0.3, 0.4) is 0 Å². The van der Waals surface area contributed by atoms with Crippen LogP contribution in [0.25, 0.3) is 10.9 Å². The minimum atomic E-state index is -0.995. The molecule has 0 bridgehead atoms. The van der Waals surface area contributed by atoms with Gasteiger partial charge < -0.3 is 30.4 Å². The second kappa shape index (κ2) is 11.4. The number of ether oxygens (including phenoxy) is 1. The number of aromatic nitrogens is 1. The summed E-state index contributed by atoms with van der Waals surface area (Å²) in [7, 11) is 1.58. The molecule has 1 aromatic heterocycles. The third kappa shape index (κ3) is 5.14. The fourth-order valence-corrected chi connectivity index (χ4v) is 7.01. The van der Waals surface area contributed by atoms with Gasteiger partial charge in [-0.25, -0.2) is 0 Å². The summed E-state index contributed by atoms with van der Waals surface area (Å²) in [6.45, 7) is 2.34. The molecule has 0 radical (unpaired) electrons. The predicted octanol–water partition coefficient (Wildman–Crippen LogP) is 2.02. The minimum Gasteiger partial charge on any atom is -0.496 e. The van der Waals surface area contributed by atoms with E-state index in [9.17, 15) is 24.3 Å². The number of rotatable bonds is 10. The normalized spacial score (nSPS) is 26.9. The molecule has 210 valence electrons. The maximum atomic E-state index is 13.8. The molecule has 1 saturated carbocycles. The van der Waals surface area contributed by atoms with Gasteiger partial charge in [-0.3, -0.25) is 19.2 Å². The molecule has 6 atom stereocenters. The van der Waals surface area contributed by atoms with Crippen LogP contribution in [-0.4, -0.2) is 77.4 Å². The summed E-state index contributed by atoms with van der Waals surface area (Å²) in [6, 6.07) is 5.57. The van der Waals surface area contributed by atoms with Crippen LogP contribution in [0.1, 0.15) is 55.9 Å². The van der Waals surface area contributed by atoms with Crippen LogP contribution in [0.4, 0.5) is 0 Å². The number of aromatic amines is 1. The highest BCUT2D eigenvalue weighted by Gasteiger charge is 2.50. The lowest BCUT2D eigenvalue weighted by atomic mass is 9.85. The van der Waals surface area contributed by atoms with Gasteiger partial charge in [-0.05, 0) is 61.6 Å². The molecule has 0 spiro atoms. The first kappa shape index (κ1) is 27.2. The van der Waals surface area contributed by atoms with Gasteiger partial charge in [0.25, 0.3) is 5.91 Å². The molecular formula is C29H38N4O6. The number of H-pyrrole nitrogens is 1. The smallest absolute Gasteiger partial charge is 0.271 e. The number of carbonyl (C=O) groups is 4. The summed E-state index contributed by atoms with van der Waals surface area (Å²) >= 11 is 0. The van der Waals surface area contributed by atoms with Gasteiger partial charge in [0.15, 0.2) is 5.78 Å². The lowest BCUT2D eigenvalue weighted by molar-refractivity contribution is -0.133. The van der Waals surface area contributed by atoms with E-state index >= 15 is 0 Å². The minimum absolute atomic E-state index is 0.000335. The van der Waals surface area contributed by atoms with E-state index in [2.05, 4.69) is 15.6 Å². The summed E-state index contributed by atoms with van der Waals surface area (Å²) in [5.74, 6) is -0.789. The van der Waals surface area contributed by atoms with Crippen molar-refractivity contribution in [2.24, 2.45) is 23.7 Å². The fraction of sp³-hybridized carbons (Fsp3) is 0.586. The number of aliphatic hydroxyl groups excluding tert-OH is 1. The number of Topliss-reactive ketones (excluding diaryl/α,β-unsaturated/α-hetero) is 1. The standard InChI is InChI=1S/C29H38N4O6/c1-3-6-16-13-30-27(36)19(16)11-22(24(35)15-34)32-28(37)26-18-8-4-7-17(18)14-33(26)29(38)23-12-20-21(31-23)9-5-10-25(20)39-2/h5,9-10,12,16-19,22,26,31,34H,3-4,6-8,11,13-15H2,1-2H3,(H,30,36)(H,32,37)/t16-,17-,18-,19+,22-,26-/m0/s1. The molecule has 5 rings (SSSR count). The first-order chi connectivity index (χ1) is 18.9. The maximum Gasteiger partial charge on any atom is 0.271 e. The predicted molar refractivity (Wildman–Crippen MR) is 144 cm³/mol. The van der Waals surface area contributed by atoms with Gasteiger partial charge in [0.1, 0.15) is 24.1 Å². The van der Waals surface area contributed by atoms with Crippen LogP contribution in [0.2, 0.25) is 0 Å². The van der Waals surface area contributed by atoms with Crippen molar-refractivity contribution in [1.82, 2.24) is 20.5 Å². The Kier molecular flexibility index (Phi) is 7.93. The highest BCUT2D eigenvalue weighted by Crippen LogP contribution is 2.43. The van der Waals surface area contributed by atoms with Gasteiger partial charge in [0.2, 0.25) is 11.8 Å². The van der Waals surface area contributed by atoms with Gasteiger partial charge >= 0.3 is 0 Å². The molecule has 1 aromatic carbocycles. The van der Waals surface area contributed by atoms with Crippen molar-refractivity contribution >= 4 is 34.4 Å². The summed E-state index contributed by atoms with van der Waals surface area (Å²) in [5.41, 5.74) is 1.14. The topological polar surface area (TPSA) is 141 Å². The molecule has 3 aliphatic rings. The number of hydrogen-bond acceptors (Lipinski definition) is 6. The first-order valence-electron chi connectivity index (χ1n) is 14.0. The Balaban J connectivity index is 1.38. The van der Waals surface area contributed by atoms with Gasteiger partial charge in [0.05, 0.1) is 13.2 Å².